The monoisotopic (exact) mass is 323 g/mol. The van der Waals surface area contributed by atoms with Gasteiger partial charge in [0.15, 0.2) is 5.82 Å². The fourth-order valence-electron chi connectivity index (χ4n) is 2.67. The lowest BCUT2D eigenvalue weighted by atomic mass is 9.97. The number of carbonyl (C=O) groups excluding carboxylic acids is 1. The molecule has 1 aromatic heterocycles. The number of likely N-dealkylation sites (tertiary alicyclic amines) is 1. The molecule has 22 heavy (non-hydrogen) atoms. The Morgan fingerprint density at radius 3 is 3.05 bits per heavy atom. The molecule has 0 bridgehead atoms. The molecule has 0 aliphatic carbocycles. The number of carbonyl (C=O) groups is 1. The number of aryl methyl sites for hydroxylation is 1. The van der Waals surface area contributed by atoms with Crippen molar-refractivity contribution in [2.45, 2.75) is 25.7 Å². The maximum Gasteiger partial charge on any atom is 0.256 e. The highest BCUT2D eigenvalue weighted by Gasteiger charge is 2.29. The molecule has 0 spiro atoms. The summed E-state index contributed by atoms with van der Waals surface area (Å²) < 4.78 is 19.0. The summed E-state index contributed by atoms with van der Waals surface area (Å²) in [5, 5.41) is 4.12. The molecule has 5 nitrogen and oxygen atoms in total. The van der Waals surface area contributed by atoms with Crippen LogP contribution < -0.4 is 0 Å². The molecule has 0 N–H and O–H groups in total. The van der Waals surface area contributed by atoms with E-state index in [2.05, 4.69) is 10.1 Å². The number of rotatable bonds is 2. The van der Waals surface area contributed by atoms with Crippen LogP contribution in [0, 0.1) is 12.7 Å². The quantitative estimate of drug-likeness (QED) is 0.851. The second kappa shape index (κ2) is 6.04. The van der Waals surface area contributed by atoms with Gasteiger partial charge < -0.3 is 9.42 Å². The minimum absolute atomic E-state index is 0.00476. The van der Waals surface area contributed by atoms with Crippen LogP contribution in [-0.4, -0.2) is 34.0 Å². The number of hydrogen-bond acceptors (Lipinski definition) is 4. The zero-order valence-electron chi connectivity index (χ0n) is 12.1. The lowest BCUT2D eigenvalue weighted by Gasteiger charge is -2.31. The molecule has 1 aliphatic heterocycles. The molecule has 1 atom stereocenters. The number of halogens is 2. The van der Waals surface area contributed by atoms with E-state index in [1.165, 1.54) is 18.2 Å². The van der Waals surface area contributed by atoms with Crippen molar-refractivity contribution in [3.63, 3.8) is 0 Å². The fraction of sp³-hybridized carbons (Fsp3) is 0.400. The van der Waals surface area contributed by atoms with Gasteiger partial charge in [0.25, 0.3) is 5.91 Å². The van der Waals surface area contributed by atoms with Crippen LogP contribution in [0.1, 0.15) is 40.8 Å². The fourth-order valence-corrected chi connectivity index (χ4v) is 2.85. The molecule has 0 unspecified atom stereocenters. The maximum atomic E-state index is 13.9. The smallest absolute Gasteiger partial charge is 0.256 e. The number of benzene rings is 1. The molecular weight excluding hydrogens is 309 g/mol. The van der Waals surface area contributed by atoms with Gasteiger partial charge in [-0.05, 0) is 38.0 Å². The van der Waals surface area contributed by atoms with Crippen LogP contribution in [0.4, 0.5) is 4.39 Å². The highest BCUT2D eigenvalue weighted by atomic mass is 35.5. The average molecular weight is 324 g/mol. The lowest BCUT2D eigenvalue weighted by molar-refractivity contribution is 0.0691. The average Bonchev–Trinajstić information content (AvgIpc) is 2.96. The van der Waals surface area contributed by atoms with E-state index < -0.39 is 5.82 Å². The van der Waals surface area contributed by atoms with Gasteiger partial charge in [0.1, 0.15) is 5.82 Å². The summed E-state index contributed by atoms with van der Waals surface area (Å²) in [6, 6.07) is 3.99. The standard InChI is InChI=1S/C15H15ClFN3O2/c1-9-18-14(22-19-9)10-3-2-6-20(8-10)15(21)12-7-11(16)4-5-13(12)17/h4-5,7,10H,2-3,6,8H2,1H3/t10-/m0/s1. The Labute approximate surface area is 132 Å². The zero-order valence-corrected chi connectivity index (χ0v) is 12.8. The van der Waals surface area contributed by atoms with E-state index in [1.54, 1.807) is 11.8 Å². The number of piperidine rings is 1. The molecule has 7 heteroatoms. The summed E-state index contributed by atoms with van der Waals surface area (Å²) in [7, 11) is 0. The molecule has 1 aromatic carbocycles. The first-order chi connectivity index (χ1) is 10.5. The van der Waals surface area contributed by atoms with Crippen molar-refractivity contribution in [1.82, 2.24) is 15.0 Å². The Morgan fingerprint density at radius 1 is 1.50 bits per heavy atom. The van der Waals surface area contributed by atoms with Gasteiger partial charge in [-0.2, -0.15) is 4.98 Å². The second-order valence-corrected chi connectivity index (χ2v) is 5.83. The Hall–Kier alpha value is -1.95. The van der Waals surface area contributed by atoms with Crippen molar-refractivity contribution in [3.05, 3.63) is 46.3 Å². The summed E-state index contributed by atoms with van der Waals surface area (Å²) in [4.78, 5) is 18.4. The van der Waals surface area contributed by atoms with Crippen LogP contribution >= 0.6 is 11.6 Å². The number of aromatic nitrogens is 2. The third-order valence-electron chi connectivity index (χ3n) is 3.76. The molecule has 1 fully saturated rings. The SMILES string of the molecule is Cc1noc([C@H]2CCCN(C(=O)c3cc(Cl)ccc3F)C2)n1. The largest absolute Gasteiger partial charge is 0.339 e. The van der Waals surface area contributed by atoms with Gasteiger partial charge >= 0.3 is 0 Å². The highest BCUT2D eigenvalue weighted by molar-refractivity contribution is 6.31. The summed E-state index contributed by atoms with van der Waals surface area (Å²) in [6.45, 7) is 2.76. The Kier molecular flexibility index (Phi) is 4.11. The first-order valence-electron chi connectivity index (χ1n) is 7.09. The van der Waals surface area contributed by atoms with Crippen molar-refractivity contribution in [2.24, 2.45) is 0 Å². The van der Waals surface area contributed by atoms with Gasteiger partial charge in [-0.25, -0.2) is 4.39 Å². The minimum atomic E-state index is -0.565. The molecular formula is C15H15ClFN3O2. The van der Waals surface area contributed by atoms with Gasteiger partial charge in [-0.1, -0.05) is 16.8 Å². The Balaban J connectivity index is 1.79. The number of hydrogen-bond donors (Lipinski definition) is 0. The molecule has 0 radical (unpaired) electrons. The van der Waals surface area contributed by atoms with Gasteiger partial charge in [0.05, 0.1) is 11.5 Å². The molecule has 1 aliphatic rings. The summed E-state index contributed by atoms with van der Waals surface area (Å²) >= 11 is 5.86. The van der Waals surface area contributed by atoms with Crippen molar-refractivity contribution < 1.29 is 13.7 Å². The zero-order chi connectivity index (χ0) is 15.7. The van der Waals surface area contributed by atoms with Crippen LogP contribution in [0.25, 0.3) is 0 Å². The van der Waals surface area contributed by atoms with Crippen LogP contribution in [0.15, 0.2) is 22.7 Å². The summed E-state index contributed by atoms with van der Waals surface area (Å²) in [5.41, 5.74) is -0.00476. The van der Waals surface area contributed by atoms with Crippen LogP contribution in [-0.2, 0) is 0 Å². The predicted molar refractivity (Wildman–Crippen MR) is 78.3 cm³/mol. The molecule has 3 rings (SSSR count). The van der Waals surface area contributed by atoms with Crippen LogP contribution in [0.5, 0.6) is 0 Å². The first-order valence-corrected chi connectivity index (χ1v) is 7.47. The predicted octanol–water partition coefficient (Wildman–Crippen LogP) is 3.19. The van der Waals surface area contributed by atoms with Crippen molar-refractivity contribution in [2.75, 3.05) is 13.1 Å². The normalized spacial score (nSPS) is 18.5. The van der Waals surface area contributed by atoms with E-state index in [1.807, 2.05) is 0 Å². The van der Waals surface area contributed by atoms with Crippen LogP contribution in [0.3, 0.4) is 0 Å². The highest BCUT2D eigenvalue weighted by Crippen LogP contribution is 2.27. The molecule has 0 saturated carbocycles. The van der Waals surface area contributed by atoms with Crippen molar-refractivity contribution in [3.8, 4) is 0 Å². The summed E-state index contributed by atoms with van der Waals surface area (Å²) in [6.07, 6.45) is 1.67. The molecule has 2 aromatic rings. The van der Waals surface area contributed by atoms with Gasteiger partial charge in [-0.3, -0.25) is 4.79 Å². The number of amides is 1. The third kappa shape index (κ3) is 2.97. The van der Waals surface area contributed by atoms with Crippen LogP contribution in [0.2, 0.25) is 5.02 Å². The second-order valence-electron chi connectivity index (χ2n) is 5.39. The van der Waals surface area contributed by atoms with Crippen molar-refractivity contribution in [1.29, 1.82) is 0 Å². The third-order valence-corrected chi connectivity index (χ3v) is 4.00. The van der Waals surface area contributed by atoms with E-state index in [0.29, 0.717) is 29.8 Å². The van der Waals surface area contributed by atoms with E-state index in [4.69, 9.17) is 16.1 Å². The van der Waals surface area contributed by atoms with Gasteiger partial charge in [0.2, 0.25) is 5.89 Å². The minimum Gasteiger partial charge on any atom is -0.339 e. The van der Waals surface area contributed by atoms with Crippen molar-refractivity contribution >= 4 is 17.5 Å². The van der Waals surface area contributed by atoms with E-state index in [0.717, 1.165) is 12.8 Å². The van der Waals surface area contributed by atoms with E-state index in [9.17, 15) is 9.18 Å². The molecule has 116 valence electrons. The van der Waals surface area contributed by atoms with E-state index >= 15 is 0 Å². The number of nitrogens with zero attached hydrogens (tertiary/aromatic N) is 3. The lowest BCUT2D eigenvalue weighted by Crippen LogP contribution is -2.39. The molecule has 2 heterocycles. The molecule has 1 saturated heterocycles. The summed E-state index contributed by atoms with van der Waals surface area (Å²) in [5.74, 6) is 0.160. The topological polar surface area (TPSA) is 59.2 Å². The van der Waals surface area contributed by atoms with Gasteiger partial charge in [-0.15, -0.1) is 0 Å². The Morgan fingerprint density at radius 2 is 2.32 bits per heavy atom. The van der Waals surface area contributed by atoms with Gasteiger partial charge in [0, 0.05) is 18.1 Å². The molecule has 1 amide bonds. The van der Waals surface area contributed by atoms with E-state index in [-0.39, 0.29) is 17.4 Å². The maximum absolute atomic E-state index is 13.9. The first kappa shape index (κ1) is 15.0. The Bertz CT molecular complexity index is 704.